The molecule has 3 atom stereocenters. The summed E-state index contributed by atoms with van der Waals surface area (Å²) in [5.74, 6) is 2.87. The van der Waals surface area contributed by atoms with Crippen LogP contribution in [0, 0.1) is 23.7 Å². The van der Waals surface area contributed by atoms with Crippen molar-refractivity contribution in [3.8, 4) is 0 Å². The van der Waals surface area contributed by atoms with Gasteiger partial charge in [0, 0.05) is 25.2 Å². The van der Waals surface area contributed by atoms with Gasteiger partial charge < -0.3 is 19.9 Å². The molecule has 3 heterocycles. The molecule has 2 saturated carbocycles. The van der Waals surface area contributed by atoms with Gasteiger partial charge in [0.15, 0.2) is 11.5 Å². The van der Waals surface area contributed by atoms with Crippen molar-refractivity contribution in [3.05, 3.63) is 5.82 Å². The van der Waals surface area contributed by atoms with E-state index in [1.165, 1.54) is 51.4 Å². The SMILES string of the molecule is CC1CCC(Cn2c(N3CCCC(C)C3C)nc3nc(C(=O)O)nc(NC(C)C4CCC4)c32)CC1. The van der Waals surface area contributed by atoms with Crippen LogP contribution in [0.3, 0.4) is 0 Å². The standard InChI is InChI=1S/C27H42N6O2/c1-16-10-12-20(13-11-16)15-33-22-23(28-18(3)21-8-5-9-21)29-25(26(34)35)30-24(22)31-27(33)32-14-6-7-17(2)19(32)4/h16-21H,5-15H2,1-4H3,(H,34,35)(H,28,29,30). The van der Waals surface area contributed by atoms with E-state index in [1.54, 1.807) is 0 Å². The lowest BCUT2D eigenvalue weighted by Gasteiger charge is -2.39. The highest BCUT2D eigenvalue weighted by atomic mass is 16.4. The summed E-state index contributed by atoms with van der Waals surface area (Å²) in [4.78, 5) is 28.4. The van der Waals surface area contributed by atoms with E-state index >= 15 is 0 Å². The van der Waals surface area contributed by atoms with Crippen molar-refractivity contribution < 1.29 is 9.90 Å². The molecule has 0 spiro atoms. The molecular weight excluding hydrogens is 440 g/mol. The molecule has 192 valence electrons. The van der Waals surface area contributed by atoms with E-state index in [0.717, 1.165) is 36.9 Å². The van der Waals surface area contributed by atoms with Crippen LogP contribution in [0.25, 0.3) is 11.2 Å². The number of aromatic carboxylic acids is 1. The third-order valence-corrected chi connectivity index (χ3v) is 9.20. The van der Waals surface area contributed by atoms with E-state index in [9.17, 15) is 9.90 Å². The Balaban J connectivity index is 1.61. The van der Waals surface area contributed by atoms with Crippen molar-refractivity contribution >= 4 is 28.9 Å². The number of aromatic nitrogens is 4. The maximum atomic E-state index is 11.9. The van der Waals surface area contributed by atoms with Crippen LogP contribution in [-0.2, 0) is 6.54 Å². The maximum Gasteiger partial charge on any atom is 0.374 e. The lowest BCUT2D eigenvalue weighted by Crippen LogP contribution is -2.44. The highest BCUT2D eigenvalue weighted by Crippen LogP contribution is 2.37. The average molecular weight is 483 g/mol. The number of rotatable bonds is 7. The number of carbonyl (C=O) groups is 1. The summed E-state index contributed by atoms with van der Waals surface area (Å²) in [7, 11) is 0. The minimum Gasteiger partial charge on any atom is -0.475 e. The number of anilines is 2. The van der Waals surface area contributed by atoms with Gasteiger partial charge in [-0.1, -0.05) is 33.1 Å². The monoisotopic (exact) mass is 482 g/mol. The Morgan fingerprint density at radius 3 is 2.43 bits per heavy atom. The molecule has 2 N–H and O–H groups in total. The molecule has 3 aliphatic rings. The number of carboxylic acids is 1. The lowest BCUT2D eigenvalue weighted by molar-refractivity contribution is 0.0684. The predicted molar refractivity (Wildman–Crippen MR) is 139 cm³/mol. The van der Waals surface area contributed by atoms with Crippen LogP contribution >= 0.6 is 0 Å². The average Bonchev–Trinajstić information content (AvgIpc) is 3.14. The zero-order chi connectivity index (χ0) is 24.7. The first-order valence-corrected chi connectivity index (χ1v) is 13.9. The Bertz CT molecular complexity index is 1060. The zero-order valence-electron chi connectivity index (χ0n) is 21.8. The number of hydrogen-bond donors (Lipinski definition) is 2. The zero-order valence-corrected chi connectivity index (χ0v) is 21.8. The molecule has 2 aliphatic carbocycles. The predicted octanol–water partition coefficient (Wildman–Crippen LogP) is 5.58. The Morgan fingerprint density at radius 2 is 1.77 bits per heavy atom. The summed E-state index contributed by atoms with van der Waals surface area (Å²) < 4.78 is 2.34. The molecule has 1 aliphatic heterocycles. The molecule has 0 aromatic carbocycles. The van der Waals surface area contributed by atoms with Gasteiger partial charge in [0.25, 0.3) is 0 Å². The van der Waals surface area contributed by atoms with Crippen molar-refractivity contribution in [2.75, 3.05) is 16.8 Å². The van der Waals surface area contributed by atoms with Crippen molar-refractivity contribution in [2.24, 2.45) is 23.7 Å². The summed E-state index contributed by atoms with van der Waals surface area (Å²) in [5.41, 5.74) is 1.38. The fourth-order valence-corrected chi connectivity index (χ4v) is 6.27. The molecular formula is C27H42N6O2. The van der Waals surface area contributed by atoms with Gasteiger partial charge in [0.2, 0.25) is 11.8 Å². The van der Waals surface area contributed by atoms with Gasteiger partial charge >= 0.3 is 5.97 Å². The van der Waals surface area contributed by atoms with Crippen molar-refractivity contribution in [2.45, 2.75) is 104 Å². The highest BCUT2D eigenvalue weighted by Gasteiger charge is 2.33. The van der Waals surface area contributed by atoms with Crippen LogP contribution in [-0.4, -0.2) is 49.2 Å². The second kappa shape index (κ2) is 9.94. The second-order valence-electron chi connectivity index (χ2n) is 11.7. The van der Waals surface area contributed by atoms with Gasteiger partial charge in [0.05, 0.1) is 0 Å². The van der Waals surface area contributed by atoms with Crippen LogP contribution in [0.15, 0.2) is 0 Å². The maximum absolute atomic E-state index is 11.9. The van der Waals surface area contributed by atoms with Crippen molar-refractivity contribution in [1.82, 2.24) is 19.5 Å². The minimum atomic E-state index is -1.11. The van der Waals surface area contributed by atoms with E-state index in [-0.39, 0.29) is 11.9 Å². The normalized spacial score (nSPS) is 28.6. The van der Waals surface area contributed by atoms with E-state index < -0.39 is 5.97 Å². The molecule has 2 aromatic heterocycles. The van der Waals surface area contributed by atoms with Crippen LogP contribution in [0.1, 0.15) is 96.1 Å². The molecule has 1 saturated heterocycles. The summed E-state index contributed by atoms with van der Waals surface area (Å²) in [6.45, 7) is 11.0. The Kier molecular flexibility index (Phi) is 6.91. The van der Waals surface area contributed by atoms with Gasteiger partial charge in [-0.25, -0.2) is 14.8 Å². The molecule has 5 rings (SSSR count). The summed E-state index contributed by atoms with van der Waals surface area (Å²) in [6.07, 6.45) is 11.1. The molecule has 0 bridgehead atoms. The van der Waals surface area contributed by atoms with Crippen molar-refractivity contribution in [3.63, 3.8) is 0 Å². The fourth-order valence-electron chi connectivity index (χ4n) is 6.27. The summed E-state index contributed by atoms with van der Waals surface area (Å²) in [6, 6.07) is 0.614. The topological polar surface area (TPSA) is 96.2 Å². The van der Waals surface area contributed by atoms with Crippen LogP contribution in [0.2, 0.25) is 0 Å². The van der Waals surface area contributed by atoms with E-state index in [2.05, 4.69) is 52.4 Å². The fraction of sp³-hybridized carbons (Fsp3) is 0.778. The number of nitrogens with one attached hydrogen (secondary N) is 1. The van der Waals surface area contributed by atoms with E-state index in [0.29, 0.717) is 35.3 Å². The Morgan fingerprint density at radius 1 is 1.03 bits per heavy atom. The summed E-state index contributed by atoms with van der Waals surface area (Å²) >= 11 is 0. The smallest absolute Gasteiger partial charge is 0.374 e. The number of piperidine rings is 1. The quantitative estimate of drug-likeness (QED) is 0.532. The molecule has 0 amide bonds. The highest BCUT2D eigenvalue weighted by molar-refractivity contribution is 5.91. The van der Waals surface area contributed by atoms with Crippen LogP contribution in [0.5, 0.6) is 0 Å². The first-order chi connectivity index (χ1) is 16.8. The molecule has 2 aromatic rings. The van der Waals surface area contributed by atoms with Crippen molar-refractivity contribution in [1.29, 1.82) is 0 Å². The number of imidazole rings is 1. The third-order valence-electron chi connectivity index (χ3n) is 9.20. The van der Waals surface area contributed by atoms with Crippen LogP contribution in [0.4, 0.5) is 11.8 Å². The number of carboxylic acid groups (broad SMARTS) is 1. The number of fused-ring (bicyclic) bond motifs is 1. The first kappa shape index (κ1) is 24.3. The number of hydrogen-bond acceptors (Lipinski definition) is 6. The first-order valence-electron chi connectivity index (χ1n) is 13.9. The summed E-state index contributed by atoms with van der Waals surface area (Å²) in [5, 5.41) is 13.4. The molecule has 0 radical (unpaired) electrons. The van der Waals surface area contributed by atoms with E-state index in [1.807, 2.05) is 0 Å². The Labute approximate surface area is 208 Å². The third kappa shape index (κ3) is 4.85. The van der Waals surface area contributed by atoms with Gasteiger partial charge in [0.1, 0.15) is 5.52 Å². The largest absolute Gasteiger partial charge is 0.475 e. The van der Waals surface area contributed by atoms with Gasteiger partial charge in [-0.2, -0.15) is 4.98 Å². The number of nitrogens with zero attached hydrogens (tertiary/aromatic N) is 5. The van der Waals surface area contributed by atoms with E-state index in [4.69, 9.17) is 4.98 Å². The van der Waals surface area contributed by atoms with Gasteiger partial charge in [-0.3, -0.25) is 0 Å². The molecule has 3 fully saturated rings. The Hall–Kier alpha value is -2.38. The lowest BCUT2D eigenvalue weighted by atomic mass is 9.80. The molecule has 35 heavy (non-hydrogen) atoms. The van der Waals surface area contributed by atoms with Gasteiger partial charge in [-0.05, 0) is 76.0 Å². The molecule has 8 nitrogen and oxygen atoms in total. The second-order valence-corrected chi connectivity index (χ2v) is 11.7. The minimum absolute atomic E-state index is 0.177. The molecule has 8 heteroatoms. The van der Waals surface area contributed by atoms with Gasteiger partial charge in [-0.15, -0.1) is 0 Å². The molecule has 3 unspecified atom stereocenters. The van der Waals surface area contributed by atoms with Crippen LogP contribution < -0.4 is 10.2 Å².